The summed E-state index contributed by atoms with van der Waals surface area (Å²) in [5.41, 5.74) is 7.70. The van der Waals surface area contributed by atoms with Crippen molar-refractivity contribution in [2.45, 2.75) is 72.0 Å². The van der Waals surface area contributed by atoms with Gasteiger partial charge in [0.1, 0.15) is 0 Å². The smallest absolute Gasteiger partial charge is 0.0845 e. The second kappa shape index (κ2) is 6.64. The summed E-state index contributed by atoms with van der Waals surface area (Å²) in [4.78, 5) is 13.7. The first-order valence-electron chi connectivity index (χ1n) is 11.6. The number of nitrogens with one attached hydrogen (secondary N) is 2. The van der Waals surface area contributed by atoms with E-state index in [1.807, 2.05) is 0 Å². The van der Waals surface area contributed by atoms with Gasteiger partial charge >= 0.3 is 0 Å². The van der Waals surface area contributed by atoms with Crippen LogP contribution in [0.15, 0.2) is 68.3 Å². The lowest BCUT2D eigenvalue weighted by atomic mass is 9.68. The Hall–Kier alpha value is -2.72. The molecule has 0 aromatic carbocycles. The number of aliphatic imine (C=N–C) groups is 2. The van der Waals surface area contributed by atoms with Gasteiger partial charge in [0.15, 0.2) is 0 Å². The monoisotopic (exact) mass is 426 g/mol. The Bertz CT molecular complexity index is 1340. The maximum absolute atomic E-state index is 5.35. The van der Waals surface area contributed by atoms with E-state index in [9.17, 15) is 0 Å². The van der Waals surface area contributed by atoms with Crippen molar-refractivity contribution in [2.24, 2.45) is 15.9 Å². The first-order chi connectivity index (χ1) is 15.0. The zero-order chi connectivity index (χ0) is 23.1. The van der Waals surface area contributed by atoms with Crippen LogP contribution in [-0.4, -0.2) is 33.0 Å². The Morgan fingerprint density at radius 2 is 1.56 bits per heavy atom. The molecule has 4 unspecified atom stereocenters. The minimum absolute atomic E-state index is 0.192. The molecular formula is C28H34N4. The summed E-state index contributed by atoms with van der Waals surface area (Å²) in [5, 5.41) is 6.14. The number of hydrogen-bond donors (Lipinski definition) is 2. The molecule has 5 heterocycles. The molecule has 1 aromatic rings. The van der Waals surface area contributed by atoms with E-state index in [-0.39, 0.29) is 22.5 Å². The summed E-state index contributed by atoms with van der Waals surface area (Å²) in [6.45, 7) is 18.3. The molecule has 0 amide bonds. The summed E-state index contributed by atoms with van der Waals surface area (Å²) in [5.74, 6) is 0.254. The molecule has 5 rings (SSSR count). The number of allylic oxidation sites excluding steroid dienone is 3. The van der Waals surface area contributed by atoms with Gasteiger partial charge in [-0.2, -0.15) is 0 Å². The van der Waals surface area contributed by atoms with E-state index in [0.717, 1.165) is 27.8 Å². The Labute approximate surface area is 191 Å². The highest BCUT2D eigenvalue weighted by atomic mass is 15.1. The summed E-state index contributed by atoms with van der Waals surface area (Å²) >= 11 is 0. The molecular weight excluding hydrogens is 392 g/mol. The normalized spacial score (nSPS) is 39.9. The fraction of sp³-hybridized carbons (Fsp3) is 0.429. The molecule has 0 saturated carbocycles. The van der Waals surface area contributed by atoms with Crippen LogP contribution < -0.4 is 16.0 Å². The molecule has 0 spiro atoms. The minimum atomic E-state index is -0.283. The van der Waals surface area contributed by atoms with Crippen LogP contribution in [0.25, 0.3) is 12.2 Å². The zero-order valence-corrected chi connectivity index (χ0v) is 20.5. The molecule has 0 saturated heterocycles. The molecule has 4 nitrogen and oxygen atoms in total. The van der Waals surface area contributed by atoms with E-state index in [4.69, 9.17) is 9.98 Å². The number of H-pyrrole nitrogens is 1. The average molecular weight is 427 g/mol. The van der Waals surface area contributed by atoms with Crippen molar-refractivity contribution in [1.29, 1.82) is 0 Å². The van der Waals surface area contributed by atoms with Gasteiger partial charge < -0.3 is 4.98 Å². The predicted molar refractivity (Wildman–Crippen MR) is 135 cm³/mol. The third kappa shape index (κ3) is 2.85. The fourth-order valence-electron chi connectivity index (χ4n) is 5.95. The molecule has 0 radical (unpaired) electrons. The van der Waals surface area contributed by atoms with Crippen molar-refractivity contribution in [1.82, 2.24) is 10.3 Å². The highest BCUT2D eigenvalue weighted by Crippen LogP contribution is 2.49. The number of aromatic amines is 1. The van der Waals surface area contributed by atoms with Crippen molar-refractivity contribution in [3.05, 3.63) is 69.0 Å². The van der Waals surface area contributed by atoms with Crippen LogP contribution in [0, 0.1) is 5.92 Å². The van der Waals surface area contributed by atoms with Crippen molar-refractivity contribution in [3.8, 4) is 0 Å². The third-order valence-corrected chi connectivity index (χ3v) is 8.85. The van der Waals surface area contributed by atoms with Crippen LogP contribution >= 0.6 is 0 Å². The van der Waals surface area contributed by atoms with Crippen LogP contribution in [0.5, 0.6) is 0 Å². The molecule has 4 aliphatic rings. The number of nitrogens with zero attached hydrogens (tertiary/aromatic N) is 2. The van der Waals surface area contributed by atoms with Crippen LogP contribution in [-0.2, 0) is 0 Å². The van der Waals surface area contributed by atoms with Gasteiger partial charge in [-0.15, -0.1) is 0 Å². The lowest BCUT2D eigenvalue weighted by Gasteiger charge is -2.44. The van der Waals surface area contributed by atoms with Gasteiger partial charge in [0, 0.05) is 22.2 Å². The molecule has 0 fully saturated rings. The maximum atomic E-state index is 5.35. The number of hydrogen-bond acceptors (Lipinski definition) is 3. The van der Waals surface area contributed by atoms with Crippen molar-refractivity contribution >= 4 is 23.6 Å². The summed E-state index contributed by atoms with van der Waals surface area (Å²) in [7, 11) is 0. The molecule has 4 heteroatoms. The van der Waals surface area contributed by atoms with Crippen molar-refractivity contribution in [3.63, 3.8) is 0 Å². The molecule has 8 bridgehead atoms. The van der Waals surface area contributed by atoms with Gasteiger partial charge in [-0.3, -0.25) is 10.3 Å². The summed E-state index contributed by atoms with van der Waals surface area (Å²) in [6.07, 6.45) is 10.8. The minimum Gasteiger partial charge on any atom is -0.355 e. The first-order valence-corrected chi connectivity index (χ1v) is 11.6. The first kappa shape index (κ1) is 21.1. The van der Waals surface area contributed by atoms with Crippen LogP contribution in [0.3, 0.4) is 0 Å². The van der Waals surface area contributed by atoms with E-state index in [1.165, 1.54) is 22.3 Å². The molecule has 4 aliphatic heterocycles. The average Bonchev–Trinajstić information content (AvgIpc) is 3.45. The van der Waals surface area contributed by atoms with Gasteiger partial charge in [0.25, 0.3) is 0 Å². The van der Waals surface area contributed by atoms with Crippen molar-refractivity contribution < 1.29 is 0 Å². The summed E-state index contributed by atoms with van der Waals surface area (Å²) < 4.78 is 0. The largest absolute Gasteiger partial charge is 0.355 e. The van der Waals surface area contributed by atoms with Gasteiger partial charge in [-0.1, -0.05) is 12.5 Å². The van der Waals surface area contributed by atoms with Gasteiger partial charge in [0.05, 0.1) is 28.2 Å². The van der Waals surface area contributed by atoms with Gasteiger partial charge in [-0.05, 0) is 108 Å². The third-order valence-electron chi connectivity index (χ3n) is 8.85. The second-order valence-electron chi connectivity index (χ2n) is 10.5. The quantitative estimate of drug-likeness (QED) is 0.602. The van der Waals surface area contributed by atoms with Crippen LogP contribution in [0.4, 0.5) is 0 Å². The summed E-state index contributed by atoms with van der Waals surface area (Å²) in [6, 6.07) is 4.22. The van der Waals surface area contributed by atoms with Crippen LogP contribution in [0.1, 0.15) is 55.4 Å². The van der Waals surface area contributed by atoms with E-state index in [1.54, 1.807) is 0 Å². The molecule has 32 heavy (non-hydrogen) atoms. The molecule has 166 valence electrons. The lowest BCUT2D eigenvalue weighted by Crippen LogP contribution is -2.57. The Kier molecular flexibility index (Phi) is 4.39. The van der Waals surface area contributed by atoms with E-state index < -0.39 is 0 Å². The lowest BCUT2D eigenvalue weighted by molar-refractivity contribution is 0.210. The van der Waals surface area contributed by atoms with Gasteiger partial charge in [-0.25, -0.2) is 4.99 Å². The fourth-order valence-corrected chi connectivity index (χ4v) is 5.95. The van der Waals surface area contributed by atoms with E-state index in [2.05, 4.69) is 108 Å². The molecule has 0 aliphatic carbocycles. The SMILES string of the molecule is CC1=C(C)C2(C)N=C1/C=c1/cc/c([nH]1)=C/C1=NC(=C\C3(C)NC(C)(C(C)=C3C)C2C)/C=C1. The molecule has 2 N–H and O–H groups in total. The molecule has 1 aromatic heterocycles. The van der Waals surface area contributed by atoms with E-state index >= 15 is 0 Å². The van der Waals surface area contributed by atoms with Crippen LogP contribution in [0.2, 0.25) is 0 Å². The number of rotatable bonds is 0. The molecule has 4 atom stereocenters. The maximum Gasteiger partial charge on any atom is 0.0845 e. The second-order valence-corrected chi connectivity index (χ2v) is 10.5. The van der Waals surface area contributed by atoms with Gasteiger partial charge in [0.2, 0.25) is 0 Å². The highest BCUT2D eigenvalue weighted by molar-refractivity contribution is 6.22. The standard InChI is InChI=1S/C28H34N4/c1-16-17(2)27(7)20(5)28(8)19(4)18(3)26(6,32-28)15-24-12-11-22(30-24)13-21-9-10-23(29-21)14-25(16)31-27/h9-15,20,29,32H,1-8H3/b21-13-,23-14-,24-15-. The van der Waals surface area contributed by atoms with Crippen molar-refractivity contribution in [2.75, 3.05) is 0 Å². The zero-order valence-electron chi connectivity index (χ0n) is 20.5. The van der Waals surface area contributed by atoms with E-state index in [0.29, 0.717) is 0 Å². The Morgan fingerprint density at radius 3 is 2.28 bits per heavy atom. The predicted octanol–water partition coefficient (Wildman–Crippen LogP) is 4.13. The highest BCUT2D eigenvalue weighted by Gasteiger charge is 2.53. The number of aromatic nitrogens is 1. The Morgan fingerprint density at radius 1 is 0.875 bits per heavy atom. The topological polar surface area (TPSA) is 52.5 Å². The number of fused-ring (bicyclic) bond motifs is 6. The Balaban J connectivity index is 1.79.